The van der Waals surface area contributed by atoms with Crippen LogP contribution in [0, 0.1) is 5.82 Å². The van der Waals surface area contributed by atoms with Gasteiger partial charge in [0.25, 0.3) is 0 Å². The fourth-order valence-electron chi connectivity index (χ4n) is 1.83. The second-order valence-electron chi connectivity index (χ2n) is 4.73. The van der Waals surface area contributed by atoms with Crippen LogP contribution in [0.3, 0.4) is 0 Å². The molecule has 0 bridgehead atoms. The molecule has 1 aromatic rings. The molecule has 0 saturated heterocycles. The predicted molar refractivity (Wildman–Crippen MR) is 71.7 cm³/mol. The van der Waals surface area contributed by atoms with E-state index in [9.17, 15) is 9.18 Å². The molecule has 0 radical (unpaired) electrons. The molecule has 106 valence electrons. The predicted octanol–water partition coefficient (Wildman–Crippen LogP) is 4.05. The molecule has 0 aliphatic rings. The number of aromatic hydroxyl groups is 1. The van der Waals surface area contributed by atoms with E-state index in [1.165, 1.54) is 18.6 Å². The molecule has 0 amide bonds. The lowest BCUT2D eigenvalue weighted by Crippen LogP contribution is -2.16. The SMILES string of the molecule is CCCCCCC(C)OC(=O)c1ccc(O)cc1F. The highest BCUT2D eigenvalue weighted by atomic mass is 19.1. The summed E-state index contributed by atoms with van der Waals surface area (Å²) in [4.78, 5) is 11.7. The number of hydrogen-bond donors (Lipinski definition) is 1. The van der Waals surface area contributed by atoms with E-state index < -0.39 is 11.8 Å². The van der Waals surface area contributed by atoms with Gasteiger partial charge in [0.2, 0.25) is 0 Å². The molecule has 1 aromatic carbocycles. The average Bonchev–Trinajstić information content (AvgIpc) is 2.34. The van der Waals surface area contributed by atoms with Crippen molar-refractivity contribution >= 4 is 5.97 Å². The molecule has 0 aliphatic heterocycles. The molecule has 0 aromatic heterocycles. The number of hydrogen-bond acceptors (Lipinski definition) is 3. The van der Waals surface area contributed by atoms with Crippen molar-refractivity contribution in [2.24, 2.45) is 0 Å². The van der Waals surface area contributed by atoms with Crippen molar-refractivity contribution in [3.05, 3.63) is 29.6 Å². The van der Waals surface area contributed by atoms with Gasteiger partial charge in [-0.25, -0.2) is 9.18 Å². The molecule has 3 nitrogen and oxygen atoms in total. The summed E-state index contributed by atoms with van der Waals surface area (Å²) in [5, 5.41) is 9.08. The molecule has 0 heterocycles. The summed E-state index contributed by atoms with van der Waals surface area (Å²) >= 11 is 0. The van der Waals surface area contributed by atoms with Gasteiger partial charge in [0, 0.05) is 6.07 Å². The monoisotopic (exact) mass is 268 g/mol. The third-order valence-electron chi connectivity index (χ3n) is 2.95. The molecule has 4 heteroatoms. The molecule has 0 aliphatic carbocycles. The zero-order valence-electron chi connectivity index (χ0n) is 11.5. The van der Waals surface area contributed by atoms with Gasteiger partial charge in [-0.2, -0.15) is 0 Å². The minimum Gasteiger partial charge on any atom is -0.508 e. The van der Waals surface area contributed by atoms with Crippen LogP contribution in [-0.4, -0.2) is 17.2 Å². The number of phenolic OH excluding ortho intramolecular Hbond substituents is 1. The summed E-state index contributed by atoms with van der Waals surface area (Å²) in [6.45, 7) is 3.94. The van der Waals surface area contributed by atoms with Gasteiger partial charge < -0.3 is 9.84 Å². The van der Waals surface area contributed by atoms with Crippen molar-refractivity contribution in [3.63, 3.8) is 0 Å². The highest BCUT2D eigenvalue weighted by Gasteiger charge is 2.16. The summed E-state index contributed by atoms with van der Waals surface area (Å²) < 4.78 is 18.6. The summed E-state index contributed by atoms with van der Waals surface area (Å²) in [6.07, 6.45) is 5.01. The van der Waals surface area contributed by atoms with E-state index in [0.29, 0.717) is 0 Å². The first-order chi connectivity index (χ1) is 9.04. The molecular weight excluding hydrogens is 247 g/mol. The second-order valence-corrected chi connectivity index (χ2v) is 4.73. The Hall–Kier alpha value is -1.58. The van der Waals surface area contributed by atoms with Crippen LogP contribution in [0.15, 0.2) is 18.2 Å². The third kappa shape index (κ3) is 5.28. The van der Waals surface area contributed by atoms with E-state index in [1.807, 2.05) is 6.92 Å². The Morgan fingerprint density at radius 1 is 1.37 bits per heavy atom. The van der Waals surface area contributed by atoms with Crippen molar-refractivity contribution in [2.75, 3.05) is 0 Å². The average molecular weight is 268 g/mol. The molecule has 0 fully saturated rings. The number of halogens is 1. The Morgan fingerprint density at radius 3 is 2.74 bits per heavy atom. The minimum absolute atomic E-state index is 0.141. The van der Waals surface area contributed by atoms with Gasteiger partial charge >= 0.3 is 5.97 Å². The molecule has 1 unspecified atom stereocenters. The van der Waals surface area contributed by atoms with Crippen molar-refractivity contribution in [3.8, 4) is 5.75 Å². The smallest absolute Gasteiger partial charge is 0.341 e. The Bertz CT molecular complexity index is 418. The third-order valence-corrected chi connectivity index (χ3v) is 2.95. The lowest BCUT2D eigenvalue weighted by Gasteiger charge is -2.13. The van der Waals surface area contributed by atoms with Crippen molar-refractivity contribution in [1.82, 2.24) is 0 Å². The quantitative estimate of drug-likeness (QED) is 0.599. The van der Waals surface area contributed by atoms with Crippen LogP contribution >= 0.6 is 0 Å². The standard InChI is InChI=1S/C15H21FO3/c1-3-4-5-6-7-11(2)19-15(18)13-9-8-12(17)10-14(13)16/h8-11,17H,3-7H2,1-2H3. The van der Waals surface area contributed by atoms with Gasteiger partial charge in [0.1, 0.15) is 11.6 Å². The fraction of sp³-hybridized carbons (Fsp3) is 0.533. The molecule has 1 N–H and O–H groups in total. The van der Waals surface area contributed by atoms with Crippen molar-refractivity contribution < 1.29 is 19.0 Å². The van der Waals surface area contributed by atoms with Crippen LogP contribution in [-0.2, 0) is 4.74 Å². The molecular formula is C15H21FO3. The summed E-state index contributed by atoms with van der Waals surface area (Å²) in [5.74, 6) is -1.65. The van der Waals surface area contributed by atoms with Gasteiger partial charge in [0.15, 0.2) is 0 Å². The first-order valence-corrected chi connectivity index (χ1v) is 6.74. The zero-order chi connectivity index (χ0) is 14.3. The van der Waals surface area contributed by atoms with Gasteiger partial charge in [-0.1, -0.05) is 26.2 Å². The van der Waals surface area contributed by atoms with Crippen LogP contribution in [0.25, 0.3) is 0 Å². The topological polar surface area (TPSA) is 46.5 Å². The van der Waals surface area contributed by atoms with E-state index in [-0.39, 0.29) is 17.4 Å². The van der Waals surface area contributed by atoms with Gasteiger partial charge in [0.05, 0.1) is 11.7 Å². The Morgan fingerprint density at radius 2 is 2.11 bits per heavy atom. The highest BCUT2D eigenvalue weighted by Crippen LogP contribution is 2.17. The summed E-state index contributed by atoms with van der Waals surface area (Å²) in [7, 11) is 0. The number of esters is 1. The van der Waals surface area contributed by atoms with E-state index >= 15 is 0 Å². The van der Waals surface area contributed by atoms with E-state index in [4.69, 9.17) is 9.84 Å². The normalized spacial score (nSPS) is 12.2. The number of unbranched alkanes of at least 4 members (excludes halogenated alkanes) is 3. The number of rotatable bonds is 7. The van der Waals surface area contributed by atoms with E-state index in [1.54, 1.807) is 0 Å². The second kappa shape index (κ2) is 7.77. The maximum Gasteiger partial charge on any atom is 0.341 e. The summed E-state index contributed by atoms with van der Waals surface area (Å²) in [6, 6.07) is 3.41. The number of ether oxygens (including phenoxy) is 1. The zero-order valence-corrected chi connectivity index (χ0v) is 11.5. The maximum atomic E-state index is 13.4. The van der Waals surface area contributed by atoms with E-state index in [0.717, 1.165) is 31.7 Å². The first-order valence-electron chi connectivity index (χ1n) is 6.74. The Labute approximate surface area is 113 Å². The minimum atomic E-state index is -0.761. The van der Waals surface area contributed by atoms with Crippen LogP contribution < -0.4 is 0 Å². The van der Waals surface area contributed by atoms with Crippen LogP contribution in [0.1, 0.15) is 56.3 Å². The van der Waals surface area contributed by atoms with Crippen molar-refractivity contribution in [2.45, 2.75) is 52.1 Å². The van der Waals surface area contributed by atoms with Crippen LogP contribution in [0.2, 0.25) is 0 Å². The summed E-state index contributed by atoms with van der Waals surface area (Å²) in [5.41, 5.74) is -0.141. The molecule has 0 saturated carbocycles. The maximum absolute atomic E-state index is 13.4. The van der Waals surface area contributed by atoms with Gasteiger partial charge in [-0.3, -0.25) is 0 Å². The lowest BCUT2D eigenvalue weighted by atomic mass is 10.1. The number of benzene rings is 1. The Kier molecular flexibility index (Phi) is 6.33. The van der Waals surface area contributed by atoms with E-state index in [2.05, 4.69) is 6.92 Å². The van der Waals surface area contributed by atoms with Crippen LogP contribution in [0.4, 0.5) is 4.39 Å². The van der Waals surface area contributed by atoms with Crippen molar-refractivity contribution in [1.29, 1.82) is 0 Å². The van der Waals surface area contributed by atoms with Gasteiger partial charge in [-0.15, -0.1) is 0 Å². The molecule has 0 spiro atoms. The number of carbonyl (C=O) groups is 1. The van der Waals surface area contributed by atoms with Crippen LogP contribution in [0.5, 0.6) is 5.75 Å². The number of phenols is 1. The first kappa shape index (κ1) is 15.5. The molecule has 1 rings (SSSR count). The Balaban J connectivity index is 2.45. The largest absolute Gasteiger partial charge is 0.508 e. The lowest BCUT2D eigenvalue weighted by molar-refractivity contribution is 0.0314. The fourth-order valence-corrected chi connectivity index (χ4v) is 1.83. The number of carbonyl (C=O) groups excluding carboxylic acids is 1. The highest BCUT2D eigenvalue weighted by molar-refractivity contribution is 5.89. The molecule has 19 heavy (non-hydrogen) atoms. The van der Waals surface area contributed by atoms with Gasteiger partial charge in [-0.05, 0) is 31.9 Å². The molecule has 1 atom stereocenters.